The highest BCUT2D eigenvalue weighted by atomic mass is 16.5. The summed E-state index contributed by atoms with van der Waals surface area (Å²) in [6.45, 7) is 1.12. The topological polar surface area (TPSA) is 90.5 Å². The highest BCUT2D eigenvalue weighted by Crippen LogP contribution is 2.27. The predicted molar refractivity (Wildman–Crippen MR) is 115 cm³/mol. The number of anilines is 1. The van der Waals surface area contributed by atoms with Crippen LogP contribution in [0.15, 0.2) is 48.7 Å². The van der Waals surface area contributed by atoms with Crippen LogP contribution >= 0.6 is 0 Å². The van der Waals surface area contributed by atoms with Crippen molar-refractivity contribution in [2.24, 2.45) is 7.05 Å². The number of carbonyl (C=O) groups is 1. The normalized spacial score (nSPS) is 11.3. The summed E-state index contributed by atoms with van der Waals surface area (Å²) in [5, 5.41) is 13.1. The van der Waals surface area contributed by atoms with Gasteiger partial charge >= 0.3 is 0 Å². The lowest BCUT2D eigenvalue weighted by Crippen LogP contribution is -2.20. The van der Waals surface area contributed by atoms with Gasteiger partial charge in [0.25, 0.3) is 5.91 Å². The second kappa shape index (κ2) is 8.56. The van der Waals surface area contributed by atoms with Gasteiger partial charge in [-0.3, -0.25) is 4.79 Å². The third-order valence-corrected chi connectivity index (χ3v) is 5.07. The fourth-order valence-corrected chi connectivity index (χ4v) is 3.51. The van der Waals surface area contributed by atoms with Crippen LogP contribution in [0.1, 0.15) is 5.82 Å². The van der Waals surface area contributed by atoms with Crippen molar-refractivity contribution in [1.82, 2.24) is 14.1 Å². The molecule has 8 heteroatoms. The van der Waals surface area contributed by atoms with E-state index in [1.807, 2.05) is 48.1 Å². The first-order valence-corrected chi connectivity index (χ1v) is 9.66. The molecule has 1 amide bonds. The molecule has 4 aromatic rings. The van der Waals surface area contributed by atoms with Crippen molar-refractivity contribution in [1.29, 1.82) is 0 Å². The minimum Gasteiger partial charge on any atom is -0.483 e. The molecule has 2 heterocycles. The Bertz CT molecular complexity index is 1190. The largest absolute Gasteiger partial charge is 0.483 e. The molecule has 0 saturated heterocycles. The lowest BCUT2D eigenvalue weighted by atomic mass is 10.2. The fraction of sp³-hybridized carbons (Fsp3) is 0.273. The Kier molecular flexibility index (Phi) is 5.69. The molecule has 8 nitrogen and oxygen atoms in total. The van der Waals surface area contributed by atoms with Crippen molar-refractivity contribution in [2.75, 3.05) is 25.6 Å². The molecule has 0 bridgehead atoms. The summed E-state index contributed by atoms with van der Waals surface area (Å²) >= 11 is 0. The van der Waals surface area contributed by atoms with Gasteiger partial charge in [-0.2, -0.15) is 0 Å². The van der Waals surface area contributed by atoms with Gasteiger partial charge in [-0.15, -0.1) is 0 Å². The first kappa shape index (κ1) is 19.9. The Morgan fingerprint density at radius 1 is 1.20 bits per heavy atom. The summed E-state index contributed by atoms with van der Waals surface area (Å²) in [6, 6.07) is 13.2. The van der Waals surface area contributed by atoms with Crippen LogP contribution in [0.5, 0.6) is 5.75 Å². The van der Waals surface area contributed by atoms with Gasteiger partial charge in [-0.25, -0.2) is 4.98 Å². The number of benzene rings is 2. The molecule has 0 aliphatic heterocycles. The number of imidazole rings is 1. The molecular weight excluding hydrogens is 384 g/mol. The van der Waals surface area contributed by atoms with E-state index in [2.05, 4.69) is 14.9 Å². The van der Waals surface area contributed by atoms with E-state index >= 15 is 0 Å². The quantitative estimate of drug-likeness (QED) is 0.468. The molecule has 4 rings (SSSR count). The van der Waals surface area contributed by atoms with Gasteiger partial charge in [0.2, 0.25) is 0 Å². The molecule has 0 saturated carbocycles. The van der Waals surface area contributed by atoms with E-state index in [0.717, 1.165) is 23.0 Å². The van der Waals surface area contributed by atoms with Crippen LogP contribution in [-0.2, 0) is 29.7 Å². The molecule has 0 aliphatic rings. The van der Waals surface area contributed by atoms with Crippen LogP contribution in [-0.4, -0.2) is 45.5 Å². The van der Waals surface area contributed by atoms with E-state index in [0.29, 0.717) is 29.4 Å². The monoisotopic (exact) mass is 408 g/mol. The smallest absolute Gasteiger partial charge is 0.262 e. The number of aromatic nitrogens is 3. The van der Waals surface area contributed by atoms with E-state index in [9.17, 15) is 9.90 Å². The second-order valence-electron chi connectivity index (χ2n) is 6.98. The first-order chi connectivity index (χ1) is 14.6. The zero-order valence-corrected chi connectivity index (χ0v) is 17.0. The van der Waals surface area contributed by atoms with Crippen LogP contribution in [0.4, 0.5) is 5.69 Å². The van der Waals surface area contributed by atoms with Crippen molar-refractivity contribution < 1.29 is 19.4 Å². The molecule has 2 aromatic heterocycles. The highest BCUT2D eigenvalue weighted by Gasteiger charge is 2.11. The van der Waals surface area contributed by atoms with E-state index in [1.165, 1.54) is 0 Å². The van der Waals surface area contributed by atoms with Crippen molar-refractivity contribution in [3.8, 4) is 5.75 Å². The summed E-state index contributed by atoms with van der Waals surface area (Å²) in [4.78, 5) is 16.8. The third-order valence-electron chi connectivity index (χ3n) is 5.07. The molecule has 0 fully saturated rings. The Hall–Kier alpha value is -3.36. The number of ether oxygens (including phenoxy) is 2. The van der Waals surface area contributed by atoms with Crippen molar-refractivity contribution in [3.05, 3.63) is 54.5 Å². The predicted octanol–water partition coefficient (Wildman–Crippen LogP) is 2.68. The summed E-state index contributed by atoms with van der Waals surface area (Å²) in [6.07, 6.45) is 1.99. The number of methoxy groups -OCH3 is 1. The lowest BCUT2D eigenvalue weighted by Gasteiger charge is -2.10. The Morgan fingerprint density at radius 3 is 2.87 bits per heavy atom. The number of nitrogens with one attached hydrogen (secondary N) is 1. The van der Waals surface area contributed by atoms with E-state index in [4.69, 9.17) is 9.47 Å². The van der Waals surface area contributed by atoms with Crippen molar-refractivity contribution >= 4 is 33.5 Å². The number of nitrogens with zero attached hydrogens (tertiary/aromatic N) is 3. The number of aliphatic hydroxyl groups is 1. The molecule has 156 valence electrons. The van der Waals surface area contributed by atoms with Gasteiger partial charge < -0.3 is 29.0 Å². The lowest BCUT2D eigenvalue weighted by molar-refractivity contribution is -0.118. The molecule has 30 heavy (non-hydrogen) atoms. The highest BCUT2D eigenvalue weighted by molar-refractivity contribution is 5.94. The number of hydrogen-bond donors (Lipinski definition) is 2. The first-order valence-electron chi connectivity index (χ1n) is 9.66. The minimum absolute atomic E-state index is 0.107. The van der Waals surface area contributed by atoms with Crippen molar-refractivity contribution in [2.45, 2.75) is 13.2 Å². The minimum atomic E-state index is -0.261. The molecule has 2 aromatic carbocycles. The van der Waals surface area contributed by atoms with Gasteiger partial charge in [0.15, 0.2) is 6.61 Å². The van der Waals surface area contributed by atoms with Gasteiger partial charge in [0.1, 0.15) is 18.2 Å². The molecule has 0 unspecified atom stereocenters. The molecule has 0 spiro atoms. The van der Waals surface area contributed by atoms with E-state index in [1.54, 1.807) is 19.2 Å². The van der Waals surface area contributed by atoms with Gasteiger partial charge in [0.05, 0.1) is 23.2 Å². The van der Waals surface area contributed by atoms with Crippen LogP contribution < -0.4 is 10.1 Å². The maximum atomic E-state index is 12.4. The molecule has 0 aliphatic carbocycles. The van der Waals surface area contributed by atoms with Crippen LogP contribution in [0.2, 0.25) is 0 Å². The maximum Gasteiger partial charge on any atom is 0.262 e. The second-order valence-corrected chi connectivity index (χ2v) is 6.98. The molecule has 0 atom stereocenters. The van der Waals surface area contributed by atoms with Gasteiger partial charge in [0, 0.05) is 38.0 Å². The number of amides is 1. The van der Waals surface area contributed by atoms with Crippen LogP contribution in [0.25, 0.3) is 21.9 Å². The van der Waals surface area contributed by atoms with Crippen molar-refractivity contribution in [3.63, 3.8) is 0 Å². The SMILES string of the molecule is COCCn1ccc2c(OCC(=O)Nc3ccc4c(c3)nc(CO)n4C)cccc21. The summed E-state index contributed by atoms with van der Waals surface area (Å²) < 4.78 is 14.9. The molecular formula is C22H24N4O4. The van der Waals surface area contributed by atoms with Crippen LogP contribution in [0.3, 0.4) is 0 Å². The zero-order valence-electron chi connectivity index (χ0n) is 17.0. The number of carbonyl (C=O) groups excluding carboxylic acids is 1. The van der Waals surface area contributed by atoms with E-state index in [-0.39, 0.29) is 19.1 Å². The number of aryl methyl sites for hydroxylation is 1. The summed E-state index contributed by atoms with van der Waals surface area (Å²) in [5.41, 5.74) is 3.26. The van der Waals surface area contributed by atoms with E-state index < -0.39 is 0 Å². The number of rotatable bonds is 8. The zero-order chi connectivity index (χ0) is 21.1. The summed E-state index contributed by atoms with van der Waals surface area (Å²) in [5.74, 6) is 0.970. The standard InChI is InChI=1S/C22H24N4O4/c1-25-19-7-6-15(12-17(19)24-21(25)13-27)23-22(28)14-30-20-5-3-4-18-16(20)8-9-26(18)10-11-29-2/h3-9,12,27H,10-11,13-14H2,1-2H3,(H,23,28). The summed E-state index contributed by atoms with van der Waals surface area (Å²) in [7, 11) is 3.52. The number of hydrogen-bond acceptors (Lipinski definition) is 5. The maximum absolute atomic E-state index is 12.4. The average molecular weight is 408 g/mol. The number of aliphatic hydroxyl groups excluding tert-OH is 1. The molecule has 0 radical (unpaired) electrons. The fourth-order valence-electron chi connectivity index (χ4n) is 3.51. The molecule has 2 N–H and O–H groups in total. The van der Waals surface area contributed by atoms with Gasteiger partial charge in [-0.1, -0.05) is 6.07 Å². The Balaban J connectivity index is 1.44. The average Bonchev–Trinajstić information content (AvgIpc) is 3.31. The van der Waals surface area contributed by atoms with Crippen LogP contribution in [0, 0.1) is 0 Å². The Labute approximate surface area is 173 Å². The number of fused-ring (bicyclic) bond motifs is 2. The van der Waals surface area contributed by atoms with Gasteiger partial charge in [-0.05, 0) is 36.4 Å². The third kappa shape index (κ3) is 3.87. The Morgan fingerprint density at radius 2 is 2.07 bits per heavy atom.